The van der Waals surface area contributed by atoms with Gasteiger partial charge < -0.3 is 10.2 Å². The average molecular weight is 352 g/mol. The summed E-state index contributed by atoms with van der Waals surface area (Å²) in [7, 11) is -3.37. The number of hydrogen-bond donors (Lipinski definition) is 1. The fourth-order valence-corrected chi connectivity index (χ4v) is 5.20. The third-order valence-electron chi connectivity index (χ3n) is 5.51. The Balaban J connectivity index is 1.64. The summed E-state index contributed by atoms with van der Waals surface area (Å²) in [6.07, 6.45) is 1.20. The molecule has 2 aliphatic heterocycles. The molecule has 1 aromatic carbocycles. The summed E-state index contributed by atoms with van der Waals surface area (Å²) in [6, 6.07) is 5.42. The van der Waals surface area contributed by atoms with Crippen LogP contribution in [0.15, 0.2) is 23.1 Å². The first-order chi connectivity index (χ1) is 11.3. The van der Waals surface area contributed by atoms with Crippen molar-refractivity contribution < 1.29 is 8.42 Å². The van der Waals surface area contributed by atoms with E-state index in [0.29, 0.717) is 23.4 Å². The van der Waals surface area contributed by atoms with Crippen molar-refractivity contribution >= 4 is 10.0 Å². The van der Waals surface area contributed by atoms with Crippen molar-refractivity contribution in [2.24, 2.45) is 5.41 Å². The molecule has 2 aliphatic rings. The second kappa shape index (κ2) is 6.75. The summed E-state index contributed by atoms with van der Waals surface area (Å²) < 4.78 is 27.4. The van der Waals surface area contributed by atoms with Crippen LogP contribution in [0, 0.1) is 19.3 Å². The van der Waals surface area contributed by atoms with E-state index in [-0.39, 0.29) is 0 Å². The Hall–Kier alpha value is -0.950. The van der Waals surface area contributed by atoms with Crippen LogP contribution >= 0.6 is 0 Å². The molecule has 0 bridgehead atoms. The molecule has 1 aromatic rings. The van der Waals surface area contributed by atoms with E-state index in [0.717, 1.165) is 43.9 Å². The van der Waals surface area contributed by atoms with E-state index in [1.807, 2.05) is 19.9 Å². The van der Waals surface area contributed by atoms with Gasteiger partial charge in [-0.15, -0.1) is 0 Å². The van der Waals surface area contributed by atoms with Crippen LogP contribution in [0.1, 0.15) is 24.5 Å². The van der Waals surface area contributed by atoms with Crippen molar-refractivity contribution in [2.45, 2.75) is 32.1 Å². The normalized spacial score (nSPS) is 26.8. The van der Waals surface area contributed by atoms with Gasteiger partial charge in [0.15, 0.2) is 0 Å². The third kappa shape index (κ3) is 3.67. The quantitative estimate of drug-likeness (QED) is 0.895. The summed E-state index contributed by atoms with van der Waals surface area (Å²) in [5, 5.41) is 3.43. The van der Waals surface area contributed by atoms with Crippen molar-refractivity contribution in [1.82, 2.24) is 14.5 Å². The summed E-state index contributed by atoms with van der Waals surface area (Å²) in [5.41, 5.74) is 2.48. The number of sulfonamides is 1. The van der Waals surface area contributed by atoms with Crippen LogP contribution in [0.2, 0.25) is 0 Å². The van der Waals surface area contributed by atoms with Crippen LogP contribution < -0.4 is 5.32 Å². The van der Waals surface area contributed by atoms with Gasteiger partial charge in [0.2, 0.25) is 10.0 Å². The molecule has 6 heteroatoms. The maximum Gasteiger partial charge on any atom is 0.243 e. The van der Waals surface area contributed by atoms with Crippen LogP contribution in [-0.2, 0) is 10.0 Å². The highest BCUT2D eigenvalue weighted by atomic mass is 32.2. The Kier molecular flexibility index (Phi) is 5.02. The second-order valence-electron chi connectivity index (χ2n) is 7.66. The Bertz CT molecular complexity index is 688. The molecular weight excluding hydrogens is 322 g/mol. The molecule has 2 heterocycles. The number of nitrogens with zero attached hydrogens (tertiary/aromatic N) is 2. The molecule has 2 fully saturated rings. The minimum Gasteiger partial charge on any atom is -0.316 e. The Morgan fingerprint density at radius 3 is 2.42 bits per heavy atom. The average Bonchev–Trinajstić information content (AvgIpc) is 2.96. The van der Waals surface area contributed by atoms with E-state index in [1.54, 1.807) is 16.4 Å². The highest BCUT2D eigenvalue weighted by Gasteiger charge is 2.34. The lowest BCUT2D eigenvalue weighted by molar-refractivity contribution is 0.132. The first-order valence-corrected chi connectivity index (χ1v) is 10.2. The molecule has 0 aliphatic carbocycles. The zero-order valence-corrected chi connectivity index (χ0v) is 15.8. The summed E-state index contributed by atoms with van der Waals surface area (Å²) in [6.45, 7) is 12.3. The smallest absolute Gasteiger partial charge is 0.243 e. The van der Waals surface area contributed by atoms with Crippen LogP contribution in [-0.4, -0.2) is 63.4 Å². The van der Waals surface area contributed by atoms with Crippen molar-refractivity contribution in [1.29, 1.82) is 0 Å². The molecule has 1 unspecified atom stereocenters. The zero-order valence-electron chi connectivity index (χ0n) is 15.0. The number of aryl methyl sites for hydroxylation is 2. The molecule has 5 nitrogen and oxygen atoms in total. The summed E-state index contributed by atoms with van der Waals surface area (Å²) in [4.78, 5) is 2.84. The maximum absolute atomic E-state index is 12.9. The Morgan fingerprint density at radius 2 is 1.83 bits per heavy atom. The SMILES string of the molecule is Cc1ccc(S(=O)(=O)N2CCN(CC3(C)CCNC3)CC2)cc1C. The van der Waals surface area contributed by atoms with Crippen molar-refractivity contribution in [3.05, 3.63) is 29.3 Å². The van der Waals surface area contributed by atoms with E-state index in [1.165, 1.54) is 6.42 Å². The van der Waals surface area contributed by atoms with Gasteiger partial charge in [0.05, 0.1) is 4.90 Å². The van der Waals surface area contributed by atoms with Gasteiger partial charge in [-0.25, -0.2) is 8.42 Å². The number of benzene rings is 1. The van der Waals surface area contributed by atoms with Gasteiger partial charge in [-0.1, -0.05) is 13.0 Å². The largest absolute Gasteiger partial charge is 0.316 e. The molecule has 0 aromatic heterocycles. The lowest BCUT2D eigenvalue weighted by atomic mass is 9.89. The van der Waals surface area contributed by atoms with Crippen LogP contribution in [0.3, 0.4) is 0 Å². The topological polar surface area (TPSA) is 52.7 Å². The number of nitrogens with one attached hydrogen (secondary N) is 1. The van der Waals surface area contributed by atoms with Crippen molar-refractivity contribution in [3.8, 4) is 0 Å². The standard InChI is InChI=1S/C18H29N3O2S/c1-15-4-5-17(12-16(15)2)24(22,23)21-10-8-20(9-11-21)14-18(3)6-7-19-13-18/h4-5,12,19H,6-11,13-14H2,1-3H3. The third-order valence-corrected chi connectivity index (χ3v) is 7.40. The molecular formula is C18H29N3O2S. The van der Waals surface area contributed by atoms with Gasteiger partial charge in [0.1, 0.15) is 0 Å². The molecule has 1 N–H and O–H groups in total. The highest BCUT2D eigenvalue weighted by molar-refractivity contribution is 7.89. The summed E-state index contributed by atoms with van der Waals surface area (Å²) in [5.74, 6) is 0. The molecule has 2 saturated heterocycles. The first kappa shape index (κ1) is 17.9. The van der Waals surface area contributed by atoms with Gasteiger partial charge in [-0.05, 0) is 55.5 Å². The van der Waals surface area contributed by atoms with E-state index >= 15 is 0 Å². The molecule has 0 amide bonds. The monoisotopic (exact) mass is 351 g/mol. The van der Waals surface area contributed by atoms with E-state index < -0.39 is 10.0 Å². The lowest BCUT2D eigenvalue weighted by Crippen LogP contribution is -2.51. The Morgan fingerprint density at radius 1 is 1.12 bits per heavy atom. The molecule has 1 atom stereocenters. The molecule has 134 valence electrons. The highest BCUT2D eigenvalue weighted by Crippen LogP contribution is 2.27. The van der Waals surface area contributed by atoms with Gasteiger partial charge in [-0.2, -0.15) is 4.31 Å². The summed E-state index contributed by atoms with van der Waals surface area (Å²) >= 11 is 0. The van der Waals surface area contributed by atoms with Crippen LogP contribution in [0.25, 0.3) is 0 Å². The fraction of sp³-hybridized carbons (Fsp3) is 0.667. The minimum absolute atomic E-state index is 0.328. The lowest BCUT2D eigenvalue weighted by Gasteiger charge is -2.38. The molecule has 0 saturated carbocycles. The Labute approximate surface area is 146 Å². The zero-order chi connectivity index (χ0) is 17.4. The van der Waals surface area contributed by atoms with Crippen molar-refractivity contribution in [2.75, 3.05) is 45.8 Å². The predicted molar refractivity (Wildman–Crippen MR) is 96.7 cm³/mol. The van der Waals surface area contributed by atoms with E-state index in [2.05, 4.69) is 17.1 Å². The first-order valence-electron chi connectivity index (χ1n) is 8.81. The van der Waals surface area contributed by atoms with Crippen LogP contribution in [0.5, 0.6) is 0 Å². The number of hydrogen-bond acceptors (Lipinski definition) is 4. The maximum atomic E-state index is 12.9. The van der Waals surface area contributed by atoms with Gasteiger partial charge in [-0.3, -0.25) is 0 Å². The molecule has 0 spiro atoms. The van der Waals surface area contributed by atoms with Crippen LogP contribution in [0.4, 0.5) is 0 Å². The van der Waals surface area contributed by atoms with E-state index in [9.17, 15) is 8.42 Å². The van der Waals surface area contributed by atoms with Crippen molar-refractivity contribution in [3.63, 3.8) is 0 Å². The minimum atomic E-state index is -3.37. The number of piperazine rings is 1. The molecule has 0 radical (unpaired) electrons. The van der Waals surface area contributed by atoms with Gasteiger partial charge in [0.25, 0.3) is 0 Å². The van der Waals surface area contributed by atoms with E-state index in [4.69, 9.17) is 0 Å². The predicted octanol–water partition coefficient (Wildman–Crippen LogP) is 1.61. The number of rotatable bonds is 4. The fourth-order valence-electron chi connectivity index (χ4n) is 3.69. The molecule has 3 rings (SSSR count). The van der Waals surface area contributed by atoms with Gasteiger partial charge in [0, 0.05) is 39.3 Å². The molecule has 24 heavy (non-hydrogen) atoms. The van der Waals surface area contributed by atoms with Gasteiger partial charge >= 0.3 is 0 Å². The second-order valence-corrected chi connectivity index (χ2v) is 9.60.